The molecule has 18 heavy (non-hydrogen) atoms. The maximum absolute atomic E-state index is 13.1. The van der Waals surface area contributed by atoms with E-state index in [9.17, 15) is 17.6 Å². The summed E-state index contributed by atoms with van der Waals surface area (Å²) in [6, 6.07) is 5.06. The number of carboxylic acids is 1. The van der Waals surface area contributed by atoms with Gasteiger partial charge in [-0.1, -0.05) is 6.07 Å². The number of nitrogens with zero attached hydrogens (tertiary/aromatic N) is 1. The summed E-state index contributed by atoms with van der Waals surface area (Å²) in [6.45, 7) is 1.23. The molecular weight excluding hydrogens is 261 g/mol. The fourth-order valence-electron chi connectivity index (χ4n) is 1.41. The Morgan fingerprint density at radius 2 is 2.11 bits per heavy atom. The van der Waals surface area contributed by atoms with Crippen molar-refractivity contribution in [3.05, 3.63) is 30.1 Å². The van der Waals surface area contributed by atoms with Crippen molar-refractivity contribution in [2.24, 2.45) is 0 Å². The van der Waals surface area contributed by atoms with Gasteiger partial charge in [0.2, 0.25) is 10.0 Å². The molecule has 0 saturated heterocycles. The second-order valence-corrected chi connectivity index (χ2v) is 5.78. The van der Waals surface area contributed by atoms with Crippen LogP contribution in [-0.4, -0.2) is 31.8 Å². The number of carboxylic acid groups (broad SMARTS) is 1. The molecule has 0 aliphatic rings. The van der Waals surface area contributed by atoms with Gasteiger partial charge in [-0.25, -0.2) is 12.8 Å². The van der Waals surface area contributed by atoms with E-state index in [1.807, 2.05) is 0 Å². The number of halogens is 1. The Bertz CT molecular complexity index is 530. The van der Waals surface area contributed by atoms with Gasteiger partial charge in [-0.05, 0) is 25.1 Å². The fraction of sp³-hybridized carbons (Fsp3) is 0.364. The predicted octanol–water partition coefficient (Wildman–Crippen LogP) is 1.46. The van der Waals surface area contributed by atoms with Crippen molar-refractivity contribution in [1.29, 1.82) is 0 Å². The summed E-state index contributed by atoms with van der Waals surface area (Å²) < 4.78 is 37.7. The van der Waals surface area contributed by atoms with Crippen LogP contribution in [0.2, 0.25) is 0 Å². The average molecular weight is 275 g/mol. The highest BCUT2D eigenvalue weighted by Crippen LogP contribution is 2.19. The molecular formula is C11H14FNO4S. The van der Waals surface area contributed by atoms with Gasteiger partial charge in [-0.15, -0.1) is 0 Å². The second-order valence-electron chi connectivity index (χ2n) is 3.60. The van der Waals surface area contributed by atoms with Crippen molar-refractivity contribution in [2.75, 3.05) is 16.6 Å². The first-order chi connectivity index (χ1) is 8.36. The van der Waals surface area contributed by atoms with E-state index in [1.165, 1.54) is 25.1 Å². The Morgan fingerprint density at radius 3 is 2.61 bits per heavy atom. The van der Waals surface area contributed by atoms with Gasteiger partial charge >= 0.3 is 5.97 Å². The number of rotatable bonds is 6. The minimum Gasteiger partial charge on any atom is -0.481 e. The highest BCUT2D eigenvalue weighted by Gasteiger charge is 2.21. The SMILES string of the molecule is CCS(=O)(=O)N(CCC(=O)O)c1cccc(F)c1. The normalized spacial score (nSPS) is 11.2. The maximum atomic E-state index is 13.1. The molecule has 0 radical (unpaired) electrons. The summed E-state index contributed by atoms with van der Waals surface area (Å²) in [4.78, 5) is 10.5. The van der Waals surface area contributed by atoms with Crippen LogP contribution in [0.4, 0.5) is 10.1 Å². The van der Waals surface area contributed by atoms with Crippen LogP contribution in [0.25, 0.3) is 0 Å². The van der Waals surface area contributed by atoms with E-state index in [0.717, 1.165) is 10.4 Å². The minimum atomic E-state index is -3.62. The third kappa shape index (κ3) is 3.69. The molecule has 0 heterocycles. The van der Waals surface area contributed by atoms with Crippen LogP contribution in [0.1, 0.15) is 13.3 Å². The van der Waals surface area contributed by atoms with E-state index in [0.29, 0.717) is 0 Å². The smallest absolute Gasteiger partial charge is 0.305 e. The Labute approximate surface area is 105 Å². The van der Waals surface area contributed by atoms with Gasteiger partial charge < -0.3 is 5.11 Å². The van der Waals surface area contributed by atoms with Gasteiger partial charge in [0.25, 0.3) is 0 Å². The lowest BCUT2D eigenvalue weighted by atomic mass is 10.3. The van der Waals surface area contributed by atoms with Crippen LogP contribution >= 0.6 is 0 Å². The van der Waals surface area contributed by atoms with Crippen LogP contribution in [0.15, 0.2) is 24.3 Å². The highest BCUT2D eigenvalue weighted by atomic mass is 32.2. The average Bonchev–Trinajstić information content (AvgIpc) is 2.28. The van der Waals surface area contributed by atoms with E-state index >= 15 is 0 Å². The maximum Gasteiger partial charge on any atom is 0.305 e. The number of hydrogen-bond acceptors (Lipinski definition) is 3. The molecule has 0 amide bonds. The van der Waals surface area contributed by atoms with E-state index in [1.54, 1.807) is 0 Å². The van der Waals surface area contributed by atoms with Crippen molar-refractivity contribution in [1.82, 2.24) is 0 Å². The zero-order valence-electron chi connectivity index (χ0n) is 9.84. The molecule has 100 valence electrons. The lowest BCUT2D eigenvalue weighted by molar-refractivity contribution is -0.136. The number of sulfonamides is 1. The number of hydrogen-bond donors (Lipinski definition) is 1. The molecule has 0 unspecified atom stereocenters. The molecule has 0 aliphatic carbocycles. The third-order valence-corrected chi connectivity index (χ3v) is 4.12. The van der Waals surface area contributed by atoms with Gasteiger partial charge in [0.15, 0.2) is 0 Å². The van der Waals surface area contributed by atoms with E-state index in [-0.39, 0.29) is 24.4 Å². The van der Waals surface area contributed by atoms with Crippen LogP contribution in [0, 0.1) is 5.82 Å². The molecule has 0 aromatic heterocycles. The van der Waals surface area contributed by atoms with Gasteiger partial charge in [0.1, 0.15) is 5.82 Å². The lowest BCUT2D eigenvalue weighted by Gasteiger charge is -2.23. The van der Waals surface area contributed by atoms with Crippen LogP contribution in [0.5, 0.6) is 0 Å². The van der Waals surface area contributed by atoms with Crippen LogP contribution in [-0.2, 0) is 14.8 Å². The molecule has 1 N–H and O–H groups in total. The zero-order valence-corrected chi connectivity index (χ0v) is 10.7. The second kappa shape index (κ2) is 5.81. The quantitative estimate of drug-likeness (QED) is 0.852. The lowest BCUT2D eigenvalue weighted by Crippen LogP contribution is -2.34. The third-order valence-electron chi connectivity index (χ3n) is 2.33. The summed E-state index contributed by atoms with van der Waals surface area (Å²) in [5.74, 6) is -1.86. The summed E-state index contributed by atoms with van der Waals surface area (Å²) in [5.41, 5.74) is 0.137. The van der Waals surface area contributed by atoms with E-state index in [4.69, 9.17) is 5.11 Å². The van der Waals surface area contributed by atoms with E-state index < -0.39 is 21.8 Å². The largest absolute Gasteiger partial charge is 0.481 e. The first kappa shape index (κ1) is 14.4. The summed E-state index contributed by atoms with van der Waals surface area (Å²) in [6.07, 6.45) is -0.338. The number of benzene rings is 1. The minimum absolute atomic E-state index is 0.137. The zero-order chi connectivity index (χ0) is 13.8. The Morgan fingerprint density at radius 1 is 1.44 bits per heavy atom. The molecule has 1 rings (SSSR count). The molecule has 7 heteroatoms. The molecule has 5 nitrogen and oxygen atoms in total. The standard InChI is InChI=1S/C11H14FNO4S/c1-2-18(16,17)13(7-6-11(14)15)10-5-3-4-9(12)8-10/h3-5,8H,2,6-7H2,1H3,(H,14,15). The van der Waals surface area contributed by atoms with E-state index in [2.05, 4.69) is 0 Å². The van der Waals surface area contributed by atoms with Gasteiger partial charge in [0, 0.05) is 6.54 Å². The van der Waals surface area contributed by atoms with Crippen molar-refractivity contribution in [3.8, 4) is 0 Å². The number of carbonyl (C=O) groups is 1. The molecule has 0 atom stereocenters. The molecule has 0 saturated carbocycles. The van der Waals surface area contributed by atoms with Gasteiger partial charge in [-0.3, -0.25) is 9.10 Å². The first-order valence-corrected chi connectivity index (χ1v) is 6.95. The van der Waals surface area contributed by atoms with Crippen molar-refractivity contribution >= 4 is 21.7 Å². The Hall–Kier alpha value is -1.63. The van der Waals surface area contributed by atoms with Crippen LogP contribution in [0.3, 0.4) is 0 Å². The molecule has 0 fully saturated rings. The molecule has 0 spiro atoms. The molecule has 0 aliphatic heterocycles. The Kier molecular flexibility index (Phi) is 4.66. The monoisotopic (exact) mass is 275 g/mol. The van der Waals surface area contributed by atoms with Gasteiger partial charge in [0.05, 0.1) is 17.9 Å². The predicted molar refractivity (Wildman–Crippen MR) is 65.5 cm³/mol. The summed E-state index contributed by atoms with van der Waals surface area (Å²) in [7, 11) is -3.62. The fourth-order valence-corrected chi connectivity index (χ4v) is 2.53. The number of aliphatic carboxylic acids is 1. The molecule has 1 aromatic rings. The van der Waals surface area contributed by atoms with Crippen molar-refractivity contribution in [2.45, 2.75) is 13.3 Å². The van der Waals surface area contributed by atoms with Crippen molar-refractivity contribution < 1.29 is 22.7 Å². The molecule has 0 bridgehead atoms. The summed E-state index contributed by atoms with van der Waals surface area (Å²) >= 11 is 0. The van der Waals surface area contributed by atoms with Crippen LogP contribution < -0.4 is 4.31 Å². The highest BCUT2D eigenvalue weighted by molar-refractivity contribution is 7.92. The molecule has 1 aromatic carbocycles. The van der Waals surface area contributed by atoms with Gasteiger partial charge in [-0.2, -0.15) is 0 Å². The van der Waals surface area contributed by atoms with Crippen molar-refractivity contribution in [3.63, 3.8) is 0 Å². The summed E-state index contributed by atoms with van der Waals surface area (Å²) in [5, 5.41) is 8.61. The first-order valence-electron chi connectivity index (χ1n) is 5.34. The Balaban J connectivity index is 3.08. The topological polar surface area (TPSA) is 74.7 Å². The number of anilines is 1.